The monoisotopic (exact) mass is 469 g/mol. The minimum absolute atomic E-state index is 0.134. The van der Waals surface area contributed by atoms with Crippen molar-refractivity contribution >= 4 is 0 Å². The van der Waals surface area contributed by atoms with Gasteiger partial charge in [0.05, 0.1) is 11.4 Å². The maximum Gasteiger partial charge on any atom is 0.387 e. The van der Waals surface area contributed by atoms with E-state index in [0.717, 1.165) is 48.4 Å². The normalized spacial score (nSPS) is 17.3. The van der Waals surface area contributed by atoms with Crippen molar-refractivity contribution in [3.63, 3.8) is 0 Å². The second kappa shape index (κ2) is 10.2. The number of aliphatic hydroxyl groups is 1. The molecule has 4 rings (SSSR count). The first-order valence-electron chi connectivity index (χ1n) is 11.8. The van der Waals surface area contributed by atoms with E-state index in [1.165, 1.54) is 0 Å². The number of ether oxygens (including phenoxy) is 1. The van der Waals surface area contributed by atoms with E-state index in [0.29, 0.717) is 18.2 Å². The Morgan fingerprint density at radius 3 is 2.62 bits per heavy atom. The number of aryl methyl sites for hydroxylation is 1. The molecule has 0 bridgehead atoms. The molecule has 1 aliphatic heterocycles. The van der Waals surface area contributed by atoms with E-state index in [9.17, 15) is 13.9 Å². The Kier molecular flexibility index (Phi) is 7.33. The summed E-state index contributed by atoms with van der Waals surface area (Å²) in [6.45, 7) is 5.61. The summed E-state index contributed by atoms with van der Waals surface area (Å²) in [6.07, 6.45) is 2.08. The fourth-order valence-electron chi connectivity index (χ4n) is 4.70. The zero-order chi connectivity index (χ0) is 24.3. The van der Waals surface area contributed by atoms with Crippen molar-refractivity contribution in [1.82, 2.24) is 14.7 Å². The van der Waals surface area contributed by atoms with Crippen LogP contribution in [0.15, 0.2) is 54.6 Å². The SMILES string of the molecule is Cc1cc(-c2ccc(CN3CCC[C@H](C(C)(C)CO)C3)c(OC(F)F)c2)nn1-c1ccccc1. The van der Waals surface area contributed by atoms with Gasteiger partial charge >= 0.3 is 6.61 Å². The predicted molar refractivity (Wildman–Crippen MR) is 129 cm³/mol. The number of piperidine rings is 1. The second-order valence-corrected chi connectivity index (χ2v) is 9.84. The molecule has 2 aromatic carbocycles. The van der Waals surface area contributed by atoms with Crippen LogP contribution in [0, 0.1) is 18.3 Å². The van der Waals surface area contributed by atoms with Crippen molar-refractivity contribution in [2.45, 2.75) is 46.8 Å². The van der Waals surface area contributed by atoms with E-state index in [-0.39, 0.29) is 17.8 Å². The predicted octanol–water partition coefficient (Wildman–Crippen LogP) is 5.68. The van der Waals surface area contributed by atoms with Crippen LogP contribution in [0.5, 0.6) is 5.75 Å². The molecule has 0 unspecified atom stereocenters. The first kappa shape index (κ1) is 24.4. The summed E-state index contributed by atoms with van der Waals surface area (Å²) in [5, 5.41) is 14.5. The van der Waals surface area contributed by atoms with E-state index in [1.54, 1.807) is 6.07 Å². The number of hydrogen-bond acceptors (Lipinski definition) is 4. The summed E-state index contributed by atoms with van der Waals surface area (Å²) in [5.74, 6) is 0.540. The summed E-state index contributed by atoms with van der Waals surface area (Å²) in [4.78, 5) is 2.27. The van der Waals surface area contributed by atoms with Gasteiger partial charge in [-0.25, -0.2) is 4.68 Å². The highest BCUT2D eigenvalue weighted by Gasteiger charge is 2.33. The van der Waals surface area contributed by atoms with Crippen LogP contribution in [0.3, 0.4) is 0 Å². The summed E-state index contributed by atoms with van der Waals surface area (Å²) in [5.41, 5.74) is 3.89. The summed E-state index contributed by atoms with van der Waals surface area (Å²) >= 11 is 0. The van der Waals surface area contributed by atoms with Crippen LogP contribution >= 0.6 is 0 Å². The molecular formula is C27H33F2N3O2. The highest BCUT2D eigenvalue weighted by Crippen LogP contribution is 2.35. The number of aromatic nitrogens is 2. The van der Waals surface area contributed by atoms with Crippen molar-refractivity contribution in [1.29, 1.82) is 0 Å². The highest BCUT2D eigenvalue weighted by molar-refractivity contribution is 5.63. The molecule has 5 nitrogen and oxygen atoms in total. The van der Waals surface area contributed by atoms with Crippen LogP contribution in [0.4, 0.5) is 8.78 Å². The molecule has 1 atom stereocenters. The maximum atomic E-state index is 13.3. The van der Waals surface area contributed by atoms with Crippen LogP contribution < -0.4 is 4.74 Å². The smallest absolute Gasteiger partial charge is 0.387 e. The molecule has 1 aromatic heterocycles. The van der Waals surface area contributed by atoms with Gasteiger partial charge in [-0.15, -0.1) is 0 Å². The molecule has 34 heavy (non-hydrogen) atoms. The number of benzene rings is 2. The van der Waals surface area contributed by atoms with Gasteiger partial charge in [0.15, 0.2) is 0 Å². The molecule has 0 radical (unpaired) electrons. The van der Waals surface area contributed by atoms with Crippen molar-refractivity contribution in [2.24, 2.45) is 11.3 Å². The summed E-state index contributed by atoms with van der Waals surface area (Å²) in [7, 11) is 0. The molecule has 0 amide bonds. The van der Waals surface area contributed by atoms with Gasteiger partial charge in [-0.1, -0.05) is 44.2 Å². The van der Waals surface area contributed by atoms with Gasteiger partial charge in [-0.05, 0) is 61.9 Å². The van der Waals surface area contributed by atoms with Crippen LogP contribution in [0.1, 0.15) is 37.9 Å². The molecule has 0 saturated carbocycles. The number of likely N-dealkylation sites (tertiary alicyclic amines) is 1. The lowest BCUT2D eigenvalue weighted by molar-refractivity contribution is -0.0509. The van der Waals surface area contributed by atoms with E-state index in [1.807, 2.05) is 60.1 Å². The third kappa shape index (κ3) is 5.47. The van der Waals surface area contributed by atoms with Crippen LogP contribution in [-0.4, -0.2) is 46.1 Å². The van der Waals surface area contributed by atoms with E-state index < -0.39 is 6.61 Å². The third-order valence-corrected chi connectivity index (χ3v) is 6.88. The second-order valence-electron chi connectivity index (χ2n) is 9.84. The lowest BCUT2D eigenvalue weighted by Gasteiger charge is -2.40. The molecular weight excluding hydrogens is 436 g/mol. The number of halogens is 2. The molecule has 1 fully saturated rings. The third-order valence-electron chi connectivity index (χ3n) is 6.88. The average molecular weight is 470 g/mol. The largest absolute Gasteiger partial charge is 0.434 e. The van der Waals surface area contributed by atoms with Gasteiger partial charge in [0.2, 0.25) is 0 Å². The fourth-order valence-corrected chi connectivity index (χ4v) is 4.70. The topological polar surface area (TPSA) is 50.5 Å². The molecule has 182 valence electrons. The van der Waals surface area contributed by atoms with E-state index in [4.69, 9.17) is 9.84 Å². The summed E-state index contributed by atoms with van der Waals surface area (Å²) in [6, 6.07) is 17.2. The maximum absolute atomic E-state index is 13.3. The first-order valence-corrected chi connectivity index (χ1v) is 11.8. The van der Waals surface area contributed by atoms with E-state index >= 15 is 0 Å². The molecule has 2 heterocycles. The van der Waals surface area contributed by atoms with E-state index in [2.05, 4.69) is 18.7 Å². The van der Waals surface area contributed by atoms with Crippen LogP contribution in [0.25, 0.3) is 16.9 Å². The Labute approximate surface area is 200 Å². The van der Waals surface area contributed by atoms with Crippen molar-refractivity contribution < 1.29 is 18.6 Å². The van der Waals surface area contributed by atoms with Crippen LogP contribution in [0.2, 0.25) is 0 Å². The Bertz CT molecular complexity index is 1100. The average Bonchev–Trinajstić information content (AvgIpc) is 3.22. The molecule has 1 N–H and O–H groups in total. The van der Waals surface area contributed by atoms with Gasteiger partial charge in [-0.2, -0.15) is 13.9 Å². The Morgan fingerprint density at radius 1 is 1.15 bits per heavy atom. The minimum atomic E-state index is -2.90. The lowest BCUT2D eigenvalue weighted by Crippen LogP contribution is -2.42. The molecule has 1 saturated heterocycles. The van der Waals surface area contributed by atoms with Gasteiger partial charge in [0, 0.05) is 36.5 Å². The molecule has 0 spiro atoms. The zero-order valence-electron chi connectivity index (χ0n) is 20.0. The minimum Gasteiger partial charge on any atom is -0.434 e. The number of alkyl halides is 2. The fraction of sp³-hybridized carbons (Fsp3) is 0.444. The van der Waals surface area contributed by atoms with Crippen molar-refractivity contribution in [2.75, 3.05) is 19.7 Å². The standard InChI is InChI=1S/C27H33F2N3O2/c1-19-14-24(30-32(19)23-9-5-4-6-10-23)20-11-12-21(25(15-20)34-26(28)29)16-31-13-7-8-22(17-31)27(2,3)18-33/h4-6,9-12,14-15,22,26,33H,7-8,13,16-18H2,1-3H3/t22-/m0/s1. The first-order chi connectivity index (χ1) is 16.3. The number of para-hydroxylation sites is 1. The number of hydrogen-bond donors (Lipinski definition) is 1. The Morgan fingerprint density at radius 2 is 1.91 bits per heavy atom. The van der Waals surface area contributed by atoms with Crippen LogP contribution in [-0.2, 0) is 6.54 Å². The van der Waals surface area contributed by atoms with Gasteiger partial charge in [0.25, 0.3) is 0 Å². The van der Waals surface area contributed by atoms with Gasteiger partial charge in [0.1, 0.15) is 5.75 Å². The number of rotatable bonds is 8. The number of aliphatic hydroxyl groups excluding tert-OH is 1. The van der Waals surface area contributed by atoms with Crippen molar-refractivity contribution in [3.05, 3.63) is 65.9 Å². The zero-order valence-corrected chi connectivity index (χ0v) is 20.0. The number of nitrogens with zero attached hydrogens (tertiary/aromatic N) is 3. The molecule has 7 heteroatoms. The van der Waals surface area contributed by atoms with Gasteiger partial charge < -0.3 is 9.84 Å². The quantitative estimate of drug-likeness (QED) is 0.461. The Balaban J connectivity index is 1.59. The van der Waals surface area contributed by atoms with Crippen molar-refractivity contribution in [3.8, 4) is 22.7 Å². The van der Waals surface area contributed by atoms with Gasteiger partial charge in [-0.3, -0.25) is 4.90 Å². The molecule has 0 aliphatic carbocycles. The highest BCUT2D eigenvalue weighted by atomic mass is 19.3. The molecule has 1 aliphatic rings. The summed E-state index contributed by atoms with van der Waals surface area (Å²) < 4.78 is 33.4. The lowest BCUT2D eigenvalue weighted by atomic mass is 9.75. The Hall–Kier alpha value is -2.77. The molecule has 3 aromatic rings.